The molecule has 0 aliphatic rings. The third kappa shape index (κ3) is 2.34. The molecule has 124 valence electrons. The van der Waals surface area contributed by atoms with Crippen molar-refractivity contribution in [2.24, 2.45) is 0 Å². The zero-order valence-corrected chi connectivity index (χ0v) is 15.0. The van der Waals surface area contributed by atoms with E-state index in [4.69, 9.17) is 11.6 Å². The molecule has 0 aliphatic heterocycles. The maximum Gasteiger partial charge on any atom is 0.223 e. The van der Waals surface area contributed by atoms with Gasteiger partial charge in [-0.2, -0.15) is 0 Å². The topological polar surface area (TPSA) is 25.8 Å². The summed E-state index contributed by atoms with van der Waals surface area (Å²) in [6, 6.07) is 25.2. The Morgan fingerprint density at radius 3 is 2.38 bits per heavy atom. The van der Waals surface area contributed by atoms with Crippen molar-refractivity contribution in [3.63, 3.8) is 0 Å². The summed E-state index contributed by atoms with van der Waals surface area (Å²) >= 11 is 6.34. The third-order valence-electron chi connectivity index (χ3n) is 4.86. The zero-order valence-electron chi connectivity index (χ0n) is 14.2. The summed E-state index contributed by atoms with van der Waals surface area (Å²) < 4.78 is 0. The number of nitrogens with zero attached hydrogens (tertiary/aromatic N) is 2. The average Bonchev–Trinajstić information content (AvgIpc) is 2.67. The van der Waals surface area contributed by atoms with Crippen LogP contribution in [-0.4, -0.2) is 9.97 Å². The van der Waals surface area contributed by atoms with Crippen molar-refractivity contribution >= 4 is 44.0 Å². The Bertz CT molecular complexity index is 1300. The molecule has 3 heteroatoms. The summed E-state index contributed by atoms with van der Waals surface area (Å²) in [6.07, 6.45) is 0. The van der Waals surface area contributed by atoms with Gasteiger partial charge in [-0.15, -0.1) is 0 Å². The van der Waals surface area contributed by atoms with E-state index in [1.807, 2.05) is 6.07 Å². The molecule has 1 aromatic heterocycles. The molecule has 5 rings (SSSR count). The van der Waals surface area contributed by atoms with Gasteiger partial charge in [0.05, 0.1) is 11.2 Å². The Labute approximate surface area is 156 Å². The lowest BCUT2D eigenvalue weighted by molar-refractivity contribution is 1.23. The molecule has 0 spiro atoms. The second kappa shape index (κ2) is 5.79. The summed E-state index contributed by atoms with van der Waals surface area (Å²) in [5, 5.41) is 5.90. The minimum Gasteiger partial charge on any atom is -0.217 e. The first-order valence-corrected chi connectivity index (χ1v) is 8.93. The van der Waals surface area contributed by atoms with Gasteiger partial charge in [0.2, 0.25) is 5.28 Å². The number of hydrogen-bond acceptors (Lipinski definition) is 2. The normalized spacial score (nSPS) is 11.5. The lowest BCUT2D eigenvalue weighted by Crippen LogP contribution is -1.93. The molecule has 26 heavy (non-hydrogen) atoms. The van der Waals surface area contributed by atoms with Crippen molar-refractivity contribution in [1.82, 2.24) is 9.97 Å². The van der Waals surface area contributed by atoms with E-state index in [0.29, 0.717) is 0 Å². The first kappa shape index (κ1) is 15.3. The summed E-state index contributed by atoms with van der Waals surface area (Å²) in [4.78, 5) is 9.17. The van der Waals surface area contributed by atoms with E-state index in [1.54, 1.807) is 0 Å². The van der Waals surface area contributed by atoms with Crippen molar-refractivity contribution in [2.75, 3.05) is 0 Å². The second-order valence-electron chi connectivity index (χ2n) is 6.55. The minimum absolute atomic E-state index is 0.273. The highest BCUT2D eigenvalue weighted by molar-refractivity contribution is 6.29. The lowest BCUT2D eigenvalue weighted by Gasteiger charge is -2.11. The number of aromatic nitrogens is 2. The van der Waals surface area contributed by atoms with Crippen molar-refractivity contribution in [3.05, 3.63) is 83.6 Å². The molecular formula is C23H15ClN2. The molecule has 0 saturated heterocycles. The maximum absolute atomic E-state index is 6.34. The van der Waals surface area contributed by atoms with Crippen molar-refractivity contribution < 1.29 is 0 Å². The SMILES string of the molecule is Cc1ccc2ccc3c(-c4cccc5ccccc45)nc(Cl)nc3c2c1. The van der Waals surface area contributed by atoms with Crippen LogP contribution in [0, 0.1) is 6.92 Å². The standard InChI is InChI=1S/C23H15ClN2/c1-14-9-10-16-11-12-19-21(25-23(24)26-22(19)20(16)13-14)18-8-4-6-15-5-2-3-7-17(15)18/h2-13H,1H3. The molecule has 0 N–H and O–H groups in total. The fraction of sp³-hybridized carbons (Fsp3) is 0.0435. The van der Waals surface area contributed by atoms with Crippen molar-refractivity contribution in [3.8, 4) is 11.3 Å². The van der Waals surface area contributed by atoms with Crippen molar-refractivity contribution in [1.29, 1.82) is 0 Å². The van der Waals surface area contributed by atoms with E-state index in [0.717, 1.165) is 38.3 Å². The van der Waals surface area contributed by atoms with Gasteiger partial charge in [0.1, 0.15) is 0 Å². The highest BCUT2D eigenvalue weighted by atomic mass is 35.5. The monoisotopic (exact) mass is 354 g/mol. The molecule has 0 saturated carbocycles. The van der Waals surface area contributed by atoms with Crippen LogP contribution >= 0.6 is 11.6 Å². The molecule has 0 atom stereocenters. The zero-order chi connectivity index (χ0) is 17.7. The smallest absolute Gasteiger partial charge is 0.217 e. The summed E-state index contributed by atoms with van der Waals surface area (Å²) in [7, 11) is 0. The Morgan fingerprint density at radius 2 is 1.46 bits per heavy atom. The number of rotatable bonds is 1. The predicted molar refractivity (Wildman–Crippen MR) is 110 cm³/mol. The minimum atomic E-state index is 0.273. The summed E-state index contributed by atoms with van der Waals surface area (Å²) in [6.45, 7) is 2.09. The molecule has 0 bridgehead atoms. The van der Waals surface area contributed by atoms with E-state index < -0.39 is 0 Å². The number of hydrogen-bond donors (Lipinski definition) is 0. The molecule has 0 amide bonds. The Kier molecular flexibility index (Phi) is 3.41. The molecular weight excluding hydrogens is 340 g/mol. The van der Waals surface area contributed by atoms with E-state index in [-0.39, 0.29) is 5.28 Å². The fourth-order valence-corrected chi connectivity index (χ4v) is 3.81. The highest BCUT2D eigenvalue weighted by Gasteiger charge is 2.13. The van der Waals surface area contributed by atoms with Gasteiger partial charge in [-0.05, 0) is 46.8 Å². The molecule has 0 fully saturated rings. The van der Waals surface area contributed by atoms with Crippen LogP contribution in [0.25, 0.3) is 43.7 Å². The Hall–Kier alpha value is -2.97. The first-order valence-electron chi connectivity index (χ1n) is 8.55. The number of aryl methyl sites for hydroxylation is 1. The average molecular weight is 355 g/mol. The summed E-state index contributed by atoms with van der Waals surface area (Å²) in [5.41, 5.74) is 4.05. The van der Waals surface area contributed by atoms with Crippen LogP contribution in [0.1, 0.15) is 5.56 Å². The molecule has 0 aliphatic carbocycles. The Balaban J connectivity index is 1.94. The largest absolute Gasteiger partial charge is 0.223 e. The number of halogens is 1. The van der Waals surface area contributed by atoms with Gasteiger partial charge in [-0.1, -0.05) is 66.2 Å². The van der Waals surface area contributed by atoms with Gasteiger partial charge in [0.25, 0.3) is 0 Å². The predicted octanol–water partition coefficient (Wildman–Crippen LogP) is 6.57. The van der Waals surface area contributed by atoms with Gasteiger partial charge in [-0.25, -0.2) is 9.97 Å². The quantitative estimate of drug-likeness (QED) is 0.251. The van der Waals surface area contributed by atoms with Gasteiger partial charge >= 0.3 is 0 Å². The van der Waals surface area contributed by atoms with E-state index in [9.17, 15) is 0 Å². The van der Waals surface area contributed by atoms with Crippen LogP contribution < -0.4 is 0 Å². The number of benzene rings is 4. The van der Waals surface area contributed by atoms with E-state index in [2.05, 4.69) is 83.6 Å². The molecule has 0 unspecified atom stereocenters. The van der Waals surface area contributed by atoms with Gasteiger partial charge < -0.3 is 0 Å². The van der Waals surface area contributed by atoms with Gasteiger partial charge in [-0.3, -0.25) is 0 Å². The second-order valence-corrected chi connectivity index (χ2v) is 6.89. The number of fused-ring (bicyclic) bond motifs is 4. The molecule has 0 radical (unpaired) electrons. The van der Waals surface area contributed by atoms with Crippen LogP contribution in [0.15, 0.2) is 72.8 Å². The first-order chi connectivity index (χ1) is 12.7. The maximum atomic E-state index is 6.34. The van der Waals surface area contributed by atoms with Gasteiger partial charge in [0.15, 0.2) is 0 Å². The molecule has 4 aromatic carbocycles. The lowest BCUT2D eigenvalue weighted by atomic mass is 9.97. The summed E-state index contributed by atoms with van der Waals surface area (Å²) in [5.74, 6) is 0. The molecule has 5 aromatic rings. The Morgan fingerprint density at radius 1 is 0.692 bits per heavy atom. The van der Waals surface area contributed by atoms with Crippen LogP contribution in [0.5, 0.6) is 0 Å². The third-order valence-corrected chi connectivity index (χ3v) is 5.03. The van der Waals surface area contributed by atoms with Crippen LogP contribution in [0.4, 0.5) is 0 Å². The van der Waals surface area contributed by atoms with Gasteiger partial charge in [0, 0.05) is 16.3 Å². The van der Waals surface area contributed by atoms with Crippen LogP contribution in [0.2, 0.25) is 5.28 Å². The molecule has 1 heterocycles. The highest BCUT2D eigenvalue weighted by Crippen LogP contribution is 2.35. The van der Waals surface area contributed by atoms with E-state index >= 15 is 0 Å². The van der Waals surface area contributed by atoms with Crippen LogP contribution in [0.3, 0.4) is 0 Å². The van der Waals surface area contributed by atoms with Crippen molar-refractivity contribution in [2.45, 2.75) is 6.92 Å². The molecule has 2 nitrogen and oxygen atoms in total. The fourth-order valence-electron chi connectivity index (χ4n) is 3.64. The van der Waals surface area contributed by atoms with E-state index in [1.165, 1.54) is 10.9 Å². The van der Waals surface area contributed by atoms with Crippen LogP contribution in [-0.2, 0) is 0 Å².